The van der Waals surface area contributed by atoms with Crippen LogP contribution in [0.3, 0.4) is 0 Å². The van der Waals surface area contributed by atoms with E-state index in [9.17, 15) is 25.9 Å². The van der Waals surface area contributed by atoms with Gasteiger partial charge in [0.1, 0.15) is 20.2 Å². The van der Waals surface area contributed by atoms with Gasteiger partial charge in [-0.05, 0) is 81.6 Å². The van der Waals surface area contributed by atoms with E-state index in [0.29, 0.717) is 24.0 Å². The third kappa shape index (κ3) is 6.92. The Morgan fingerprint density at radius 2 is 0.892 bits per heavy atom. The zero-order valence-corrected chi connectivity index (χ0v) is 25.4. The number of benzene rings is 4. The molecular formula is C28H30CaO6S2. The predicted octanol–water partition coefficient (Wildman–Crippen LogP) is 5.36. The van der Waals surface area contributed by atoms with E-state index in [4.69, 9.17) is 0 Å². The first-order valence-electron chi connectivity index (χ1n) is 12.0. The zero-order chi connectivity index (χ0) is 26.7. The van der Waals surface area contributed by atoms with Crippen molar-refractivity contribution in [2.45, 2.75) is 63.2 Å². The zero-order valence-electron chi connectivity index (χ0n) is 21.6. The van der Waals surface area contributed by atoms with Crippen LogP contribution in [0.1, 0.15) is 49.9 Å². The van der Waals surface area contributed by atoms with Gasteiger partial charge < -0.3 is 9.11 Å². The number of rotatable bonds is 6. The van der Waals surface area contributed by atoms with Crippen molar-refractivity contribution in [2.75, 3.05) is 0 Å². The van der Waals surface area contributed by atoms with Gasteiger partial charge in [-0.25, -0.2) is 16.8 Å². The Labute approximate surface area is 249 Å². The second-order valence-corrected chi connectivity index (χ2v) is 11.1. The van der Waals surface area contributed by atoms with E-state index in [1.165, 1.54) is 12.1 Å². The van der Waals surface area contributed by atoms with E-state index in [-0.39, 0.29) is 47.5 Å². The summed E-state index contributed by atoms with van der Waals surface area (Å²) < 4.78 is 67.8. The van der Waals surface area contributed by atoms with Crippen LogP contribution in [0, 0.1) is 0 Å². The van der Waals surface area contributed by atoms with Crippen molar-refractivity contribution in [3.63, 3.8) is 0 Å². The fourth-order valence-corrected chi connectivity index (χ4v) is 6.36. The van der Waals surface area contributed by atoms with Gasteiger partial charge in [-0.1, -0.05) is 76.2 Å². The third-order valence-corrected chi connectivity index (χ3v) is 8.24. The minimum Gasteiger partial charge on any atom is -0.744 e. The Kier molecular flexibility index (Phi) is 11.2. The molecular weight excluding hydrogens is 537 g/mol. The average Bonchev–Trinajstić information content (AvgIpc) is 2.85. The Bertz CT molecular complexity index is 1500. The summed E-state index contributed by atoms with van der Waals surface area (Å²) in [6.07, 6.45) is 2.69. The Balaban J connectivity index is 0.000000253. The summed E-state index contributed by atoms with van der Waals surface area (Å²) >= 11 is 0. The standard InChI is InChI=1S/2C14H16O3S.Ca/c2*1-3-10-6-5-7-11-8-9-13(18(15,16)17)12(4-2)14(10)11;/h2*5-9H,3-4H2,1-2H3,(H,15,16,17);/q;;+2/p-2. The number of hydrogen-bond donors (Lipinski definition) is 0. The van der Waals surface area contributed by atoms with Gasteiger partial charge in [0, 0.05) is 0 Å². The maximum absolute atomic E-state index is 11.3. The fourth-order valence-electron chi connectivity index (χ4n) is 4.79. The first kappa shape index (κ1) is 31.7. The van der Waals surface area contributed by atoms with Gasteiger partial charge in [0.2, 0.25) is 0 Å². The van der Waals surface area contributed by atoms with Crippen LogP contribution in [0.4, 0.5) is 0 Å². The number of hydrogen-bond acceptors (Lipinski definition) is 6. The molecule has 0 spiro atoms. The van der Waals surface area contributed by atoms with Crippen LogP contribution in [0.2, 0.25) is 0 Å². The van der Waals surface area contributed by atoms with Crippen LogP contribution >= 0.6 is 0 Å². The molecule has 0 saturated carbocycles. The molecule has 0 fully saturated rings. The summed E-state index contributed by atoms with van der Waals surface area (Å²) in [5, 5.41) is 3.80. The minimum atomic E-state index is -4.41. The van der Waals surface area contributed by atoms with Gasteiger partial charge >= 0.3 is 37.7 Å². The molecule has 0 saturated heterocycles. The molecule has 4 rings (SSSR count). The average molecular weight is 567 g/mol. The molecule has 9 heteroatoms. The maximum Gasteiger partial charge on any atom is 2.00 e. The monoisotopic (exact) mass is 566 g/mol. The van der Waals surface area contributed by atoms with Crippen LogP contribution in [0.15, 0.2) is 70.5 Å². The molecule has 0 heterocycles. The van der Waals surface area contributed by atoms with Crippen LogP contribution in [-0.2, 0) is 45.9 Å². The number of aryl methyl sites for hydroxylation is 4. The summed E-state index contributed by atoms with van der Waals surface area (Å²) in [5.41, 5.74) is 3.43. The Hall–Kier alpha value is -1.52. The second kappa shape index (κ2) is 13.0. The molecule has 192 valence electrons. The van der Waals surface area contributed by atoms with Crippen molar-refractivity contribution in [1.82, 2.24) is 0 Å². The van der Waals surface area contributed by atoms with Crippen molar-refractivity contribution in [3.05, 3.63) is 82.9 Å². The van der Waals surface area contributed by atoms with Crippen molar-refractivity contribution in [2.24, 2.45) is 0 Å². The molecule has 0 unspecified atom stereocenters. The summed E-state index contributed by atoms with van der Waals surface area (Å²) in [5.74, 6) is 0. The van der Waals surface area contributed by atoms with Crippen molar-refractivity contribution < 1.29 is 25.9 Å². The molecule has 37 heavy (non-hydrogen) atoms. The summed E-state index contributed by atoms with van der Waals surface area (Å²) in [6.45, 7) is 7.78. The molecule has 0 aromatic heterocycles. The van der Waals surface area contributed by atoms with Gasteiger partial charge in [0.25, 0.3) is 0 Å². The second-order valence-electron chi connectivity index (χ2n) is 8.44. The summed E-state index contributed by atoms with van der Waals surface area (Å²) in [7, 11) is -8.82. The van der Waals surface area contributed by atoms with Crippen molar-refractivity contribution in [1.29, 1.82) is 0 Å². The molecule has 0 N–H and O–H groups in total. The van der Waals surface area contributed by atoms with E-state index in [0.717, 1.165) is 45.5 Å². The molecule has 6 nitrogen and oxygen atoms in total. The topological polar surface area (TPSA) is 114 Å². The largest absolute Gasteiger partial charge is 2.00 e. The summed E-state index contributed by atoms with van der Waals surface area (Å²) in [6, 6.07) is 18.0. The van der Waals surface area contributed by atoms with E-state index < -0.39 is 20.2 Å². The van der Waals surface area contributed by atoms with E-state index in [1.54, 1.807) is 12.1 Å². The Morgan fingerprint density at radius 1 is 0.541 bits per heavy atom. The fraction of sp³-hybridized carbons (Fsp3) is 0.286. The molecule has 0 amide bonds. The first-order valence-corrected chi connectivity index (χ1v) is 14.8. The Morgan fingerprint density at radius 3 is 1.16 bits per heavy atom. The first-order chi connectivity index (χ1) is 17.0. The molecule has 0 radical (unpaired) electrons. The van der Waals surface area contributed by atoms with Gasteiger partial charge in [-0.2, -0.15) is 0 Å². The summed E-state index contributed by atoms with van der Waals surface area (Å²) in [4.78, 5) is -0.170. The van der Waals surface area contributed by atoms with Crippen LogP contribution < -0.4 is 0 Å². The predicted molar refractivity (Wildman–Crippen MR) is 147 cm³/mol. The number of fused-ring (bicyclic) bond motifs is 2. The van der Waals surface area contributed by atoms with Crippen LogP contribution in [-0.4, -0.2) is 63.7 Å². The van der Waals surface area contributed by atoms with Gasteiger partial charge in [-0.15, -0.1) is 0 Å². The van der Waals surface area contributed by atoms with E-state index in [2.05, 4.69) is 0 Å². The third-order valence-electron chi connectivity index (χ3n) is 6.40. The molecule has 0 bridgehead atoms. The normalized spacial score (nSPS) is 11.6. The molecule has 0 aliphatic heterocycles. The quantitative estimate of drug-likeness (QED) is 0.229. The molecule has 0 atom stereocenters. The van der Waals surface area contributed by atoms with Crippen molar-refractivity contribution in [3.8, 4) is 0 Å². The smallest absolute Gasteiger partial charge is 0.744 e. The van der Waals surface area contributed by atoms with Crippen molar-refractivity contribution >= 4 is 79.5 Å². The SMILES string of the molecule is CCc1cccc2ccc(S(=O)(=O)[O-])c(CC)c12.CCc1cccc2ccc(S(=O)(=O)[O-])c(CC)c12.[Ca+2]. The van der Waals surface area contributed by atoms with Crippen LogP contribution in [0.5, 0.6) is 0 Å². The maximum atomic E-state index is 11.3. The van der Waals surface area contributed by atoms with Gasteiger partial charge in [-0.3, -0.25) is 0 Å². The molecule has 0 aliphatic rings. The van der Waals surface area contributed by atoms with E-state index >= 15 is 0 Å². The van der Waals surface area contributed by atoms with Gasteiger partial charge in [0.05, 0.1) is 9.79 Å². The van der Waals surface area contributed by atoms with Crippen LogP contribution in [0.25, 0.3) is 21.5 Å². The van der Waals surface area contributed by atoms with Gasteiger partial charge in [0.15, 0.2) is 0 Å². The molecule has 4 aromatic rings. The van der Waals surface area contributed by atoms with E-state index in [1.807, 2.05) is 64.1 Å². The molecule has 4 aromatic carbocycles. The molecule has 0 aliphatic carbocycles. The minimum absolute atomic E-state index is 0.